The van der Waals surface area contributed by atoms with Gasteiger partial charge in [0.2, 0.25) is 0 Å². The van der Waals surface area contributed by atoms with E-state index in [1.54, 1.807) is 18.4 Å². The van der Waals surface area contributed by atoms with Crippen LogP contribution < -0.4 is 15.5 Å². The predicted octanol–water partition coefficient (Wildman–Crippen LogP) is 3.39. The summed E-state index contributed by atoms with van der Waals surface area (Å²) >= 11 is 1.64. The van der Waals surface area contributed by atoms with Crippen molar-refractivity contribution >= 4 is 46.4 Å². The Bertz CT molecular complexity index is 793. The van der Waals surface area contributed by atoms with E-state index in [1.807, 2.05) is 19.0 Å². The molecular weight excluding hydrogens is 513 g/mol. The number of thiazole rings is 1. The van der Waals surface area contributed by atoms with Gasteiger partial charge in [-0.2, -0.15) is 0 Å². The van der Waals surface area contributed by atoms with Crippen molar-refractivity contribution < 1.29 is 9.47 Å². The van der Waals surface area contributed by atoms with E-state index in [1.165, 1.54) is 11.1 Å². The summed E-state index contributed by atoms with van der Waals surface area (Å²) in [5.41, 5.74) is 3.40. The minimum atomic E-state index is 0. The molecule has 3 rings (SSSR count). The molecule has 1 aliphatic rings. The fraction of sp³-hybridized carbons (Fsp3) is 0.524. The smallest absolute Gasteiger partial charge is 0.191 e. The molecule has 0 radical (unpaired) electrons. The maximum Gasteiger partial charge on any atom is 0.191 e. The fourth-order valence-corrected chi connectivity index (χ4v) is 3.81. The molecule has 2 aromatic rings. The van der Waals surface area contributed by atoms with Gasteiger partial charge < -0.3 is 25.0 Å². The SMILES string of the molecule is CN=C(NCc1cccc(COC2CCOCC2)c1)NCc1csc(N(C)C)n1.I. The van der Waals surface area contributed by atoms with Gasteiger partial charge in [0.05, 0.1) is 24.9 Å². The molecule has 9 heteroatoms. The average molecular weight is 545 g/mol. The van der Waals surface area contributed by atoms with Crippen molar-refractivity contribution in [2.75, 3.05) is 39.3 Å². The number of guanidine groups is 1. The van der Waals surface area contributed by atoms with E-state index in [4.69, 9.17) is 9.47 Å². The summed E-state index contributed by atoms with van der Waals surface area (Å²) in [5, 5.41) is 9.76. The van der Waals surface area contributed by atoms with Crippen molar-refractivity contribution in [2.24, 2.45) is 4.99 Å². The number of nitrogens with zero attached hydrogens (tertiary/aromatic N) is 3. The summed E-state index contributed by atoms with van der Waals surface area (Å²) in [6.07, 6.45) is 2.28. The van der Waals surface area contributed by atoms with E-state index in [0.29, 0.717) is 25.8 Å². The van der Waals surface area contributed by atoms with E-state index < -0.39 is 0 Å². The number of hydrogen-bond donors (Lipinski definition) is 2. The normalized spacial score (nSPS) is 14.8. The Morgan fingerprint density at radius 1 is 1.23 bits per heavy atom. The zero-order valence-corrected chi connectivity index (χ0v) is 21.0. The third-order valence-corrected chi connectivity index (χ3v) is 5.75. The molecule has 1 aliphatic heterocycles. The minimum absolute atomic E-state index is 0. The van der Waals surface area contributed by atoms with E-state index >= 15 is 0 Å². The van der Waals surface area contributed by atoms with Crippen LogP contribution in [-0.4, -0.2) is 51.4 Å². The highest BCUT2D eigenvalue weighted by molar-refractivity contribution is 14.0. The molecular formula is C21H32IN5O2S. The van der Waals surface area contributed by atoms with Crippen molar-refractivity contribution in [1.82, 2.24) is 15.6 Å². The Morgan fingerprint density at radius 3 is 2.67 bits per heavy atom. The number of nitrogens with one attached hydrogen (secondary N) is 2. The molecule has 166 valence electrons. The molecule has 0 bridgehead atoms. The molecule has 1 aromatic heterocycles. The van der Waals surface area contributed by atoms with Gasteiger partial charge in [0.25, 0.3) is 0 Å². The second kappa shape index (κ2) is 13.1. The number of anilines is 1. The quantitative estimate of drug-likeness (QED) is 0.301. The molecule has 0 unspecified atom stereocenters. The standard InChI is InChI=1S/C21H31N5O2S.HI/c1-22-20(24-13-18-15-29-21(25-18)26(2)3)23-12-16-5-4-6-17(11-16)14-28-19-7-9-27-10-8-19;/h4-6,11,15,19H,7-10,12-14H2,1-3H3,(H2,22,23,24);1H. The average Bonchev–Trinajstić information content (AvgIpc) is 3.23. The van der Waals surface area contributed by atoms with Gasteiger partial charge >= 0.3 is 0 Å². The topological polar surface area (TPSA) is 71.0 Å². The first-order valence-electron chi connectivity index (χ1n) is 9.97. The van der Waals surface area contributed by atoms with Crippen LogP contribution in [0.15, 0.2) is 34.6 Å². The van der Waals surface area contributed by atoms with Gasteiger partial charge in [-0.25, -0.2) is 4.98 Å². The highest BCUT2D eigenvalue weighted by Gasteiger charge is 2.14. The Kier molecular flexibility index (Phi) is 10.8. The van der Waals surface area contributed by atoms with Gasteiger partial charge in [0.15, 0.2) is 11.1 Å². The number of hydrogen-bond acceptors (Lipinski definition) is 6. The second-order valence-corrected chi connectivity index (χ2v) is 8.07. The van der Waals surface area contributed by atoms with Gasteiger partial charge in [-0.1, -0.05) is 24.3 Å². The van der Waals surface area contributed by atoms with Crippen molar-refractivity contribution in [2.45, 2.75) is 38.6 Å². The molecule has 7 nitrogen and oxygen atoms in total. The lowest BCUT2D eigenvalue weighted by atomic mass is 10.1. The van der Waals surface area contributed by atoms with Crippen LogP contribution in [0.3, 0.4) is 0 Å². The van der Waals surface area contributed by atoms with Crippen molar-refractivity contribution in [3.8, 4) is 0 Å². The maximum atomic E-state index is 6.03. The first-order valence-corrected chi connectivity index (χ1v) is 10.9. The Balaban J connectivity index is 0.00000320. The number of rotatable bonds is 8. The molecule has 1 fully saturated rings. The molecule has 0 atom stereocenters. The van der Waals surface area contributed by atoms with Gasteiger partial charge in [-0.3, -0.25) is 4.99 Å². The molecule has 30 heavy (non-hydrogen) atoms. The Labute approximate surface area is 200 Å². The van der Waals surface area contributed by atoms with E-state index in [0.717, 1.165) is 42.8 Å². The molecule has 0 saturated carbocycles. The van der Waals surface area contributed by atoms with Crippen LogP contribution >= 0.6 is 35.3 Å². The summed E-state index contributed by atoms with van der Waals surface area (Å²) < 4.78 is 11.4. The molecule has 0 aliphatic carbocycles. The highest BCUT2D eigenvalue weighted by Crippen LogP contribution is 2.17. The molecule has 2 heterocycles. The number of aromatic nitrogens is 1. The number of ether oxygens (including phenoxy) is 2. The molecule has 1 saturated heterocycles. The Morgan fingerprint density at radius 2 is 1.97 bits per heavy atom. The van der Waals surface area contributed by atoms with Crippen LogP contribution in [0.25, 0.3) is 0 Å². The van der Waals surface area contributed by atoms with E-state index in [9.17, 15) is 0 Å². The van der Waals surface area contributed by atoms with E-state index in [2.05, 4.69) is 50.3 Å². The third-order valence-electron chi connectivity index (χ3n) is 4.69. The summed E-state index contributed by atoms with van der Waals surface area (Å²) in [6.45, 7) is 3.59. The van der Waals surface area contributed by atoms with Crippen molar-refractivity contribution in [3.63, 3.8) is 0 Å². The fourth-order valence-electron chi connectivity index (χ4n) is 3.05. The monoisotopic (exact) mass is 545 g/mol. The lowest BCUT2D eigenvalue weighted by Crippen LogP contribution is -2.36. The largest absolute Gasteiger partial charge is 0.381 e. The summed E-state index contributed by atoms with van der Waals surface area (Å²) in [7, 11) is 5.78. The van der Waals surface area contributed by atoms with Crippen LogP contribution in [0.5, 0.6) is 0 Å². The second-order valence-electron chi connectivity index (χ2n) is 7.24. The molecule has 1 aromatic carbocycles. The van der Waals surface area contributed by atoms with E-state index in [-0.39, 0.29) is 24.0 Å². The summed E-state index contributed by atoms with van der Waals surface area (Å²) in [6, 6.07) is 8.49. The lowest BCUT2D eigenvalue weighted by Gasteiger charge is -2.22. The number of halogens is 1. The van der Waals surface area contributed by atoms with Gasteiger partial charge in [0.1, 0.15) is 0 Å². The van der Waals surface area contributed by atoms with Crippen LogP contribution in [-0.2, 0) is 29.2 Å². The zero-order valence-electron chi connectivity index (χ0n) is 17.9. The van der Waals surface area contributed by atoms with Crippen LogP contribution in [0.2, 0.25) is 0 Å². The predicted molar refractivity (Wildman–Crippen MR) is 134 cm³/mol. The van der Waals surface area contributed by atoms with Crippen molar-refractivity contribution in [1.29, 1.82) is 0 Å². The maximum absolute atomic E-state index is 6.03. The van der Waals surface area contributed by atoms with Crippen LogP contribution in [0, 0.1) is 0 Å². The number of aliphatic imine (C=N–C) groups is 1. The first-order chi connectivity index (χ1) is 14.1. The summed E-state index contributed by atoms with van der Waals surface area (Å²) in [4.78, 5) is 10.9. The zero-order chi connectivity index (χ0) is 20.5. The van der Waals surface area contributed by atoms with Crippen molar-refractivity contribution in [3.05, 3.63) is 46.5 Å². The highest BCUT2D eigenvalue weighted by atomic mass is 127. The Hall–Kier alpha value is -1.43. The molecule has 2 N–H and O–H groups in total. The first kappa shape index (κ1) is 24.8. The summed E-state index contributed by atoms with van der Waals surface area (Å²) in [5.74, 6) is 0.758. The molecule has 0 amide bonds. The molecule has 0 spiro atoms. The minimum Gasteiger partial charge on any atom is -0.381 e. The van der Waals surface area contributed by atoms with Crippen LogP contribution in [0.4, 0.5) is 5.13 Å². The van der Waals surface area contributed by atoms with Gasteiger partial charge in [0, 0.05) is 46.3 Å². The lowest BCUT2D eigenvalue weighted by molar-refractivity contribution is -0.0390. The van der Waals surface area contributed by atoms with Gasteiger partial charge in [-0.15, -0.1) is 35.3 Å². The number of benzene rings is 1. The third kappa shape index (κ3) is 8.01. The van der Waals surface area contributed by atoms with Crippen LogP contribution in [0.1, 0.15) is 29.7 Å². The van der Waals surface area contributed by atoms with Gasteiger partial charge in [-0.05, 0) is 24.0 Å².